The highest BCUT2D eigenvalue weighted by atomic mass is 15.1. The zero-order valence-electron chi connectivity index (χ0n) is 12.2. The highest BCUT2D eigenvalue weighted by Crippen LogP contribution is 2.32. The van der Waals surface area contributed by atoms with Gasteiger partial charge in [-0.1, -0.05) is 30.3 Å². The van der Waals surface area contributed by atoms with Gasteiger partial charge in [0.05, 0.1) is 5.69 Å². The van der Waals surface area contributed by atoms with Gasteiger partial charge in [-0.25, -0.2) is 4.98 Å². The molecule has 20 heavy (non-hydrogen) atoms. The van der Waals surface area contributed by atoms with Crippen molar-refractivity contribution < 1.29 is 0 Å². The number of hydrogen-bond acceptors (Lipinski definition) is 2. The average molecular weight is 265 g/mol. The molecule has 0 amide bonds. The molecule has 2 aromatic heterocycles. The van der Waals surface area contributed by atoms with Crippen LogP contribution in [0.2, 0.25) is 0 Å². The van der Waals surface area contributed by atoms with Gasteiger partial charge < -0.3 is 9.47 Å². The van der Waals surface area contributed by atoms with Crippen LogP contribution in [-0.2, 0) is 13.6 Å². The molecule has 3 rings (SSSR count). The number of nitrogens with zero attached hydrogens (tertiary/aromatic N) is 3. The first-order valence-corrected chi connectivity index (χ1v) is 6.81. The number of benzene rings is 1. The summed E-state index contributed by atoms with van der Waals surface area (Å²) in [7, 11) is 6.30. The summed E-state index contributed by atoms with van der Waals surface area (Å²) in [6.45, 7) is 0.910. The molecule has 0 bridgehead atoms. The van der Waals surface area contributed by atoms with Crippen LogP contribution < -0.4 is 0 Å². The van der Waals surface area contributed by atoms with Gasteiger partial charge in [0.25, 0.3) is 0 Å². The van der Waals surface area contributed by atoms with Gasteiger partial charge in [-0.2, -0.15) is 0 Å². The van der Waals surface area contributed by atoms with Gasteiger partial charge in [-0.05, 0) is 31.8 Å². The molecule has 1 aromatic carbocycles. The molecule has 0 saturated carbocycles. The Balaban J connectivity index is 2.32. The fourth-order valence-corrected chi connectivity index (χ4v) is 2.78. The van der Waals surface area contributed by atoms with E-state index in [0.29, 0.717) is 0 Å². The van der Waals surface area contributed by atoms with Gasteiger partial charge in [-0.15, -0.1) is 0 Å². The van der Waals surface area contributed by atoms with E-state index in [2.05, 4.69) is 72.0 Å². The van der Waals surface area contributed by atoms with Crippen molar-refractivity contribution >= 4 is 11.0 Å². The van der Waals surface area contributed by atoms with E-state index in [1.165, 1.54) is 22.2 Å². The second-order valence-corrected chi connectivity index (χ2v) is 5.36. The van der Waals surface area contributed by atoms with Crippen LogP contribution in [-0.4, -0.2) is 28.5 Å². The van der Waals surface area contributed by atoms with Crippen LogP contribution in [0.5, 0.6) is 0 Å². The van der Waals surface area contributed by atoms with Crippen LogP contribution in [0.15, 0.2) is 48.7 Å². The van der Waals surface area contributed by atoms with Crippen molar-refractivity contribution in [1.82, 2.24) is 14.5 Å². The van der Waals surface area contributed by atoms with E-state index in [1.807, 2.05) is 12.3 Å². The molecule has 102 valence electrons. The number of aromatic nitrogens is 2. The molecule has 0 atom stereocenters. The van der Waals surface area contributed by atoms with Crippen molar-refractivity contribution in [2.75, 3.05) is 14.1 Å². The topological polar surface area (TPSA) is 21.1 Å². The van der Waals surface area contributed by atoms with Crippen molar-refractivity contribution in [2.45, 2.75) is 6.54 Å². The predicted octanol–water partition coefficient (Wildman–Crippen LogP) is 3.30. The fraction of sp³-hybridized carbons (Fsp3) is 0.235. The molecule has 3 nitrogen and oxygen atoms in total. The summed E-state index contributed by atoms with van der Waals surface area (Å²) >= 11 is 0. The second-order valence-electron chi connectivity index (χ2n) is 5.36. The molecular formula is C17H19N3. The third kappa shape index (κ3) is 2.10. The average Bonchev–Trinajstić information content (AvgIpc) is 2.73. The number of aryl methyl sites for hydroxylation is 1. The molecule has 0 aliphatic rings. The Morgan fingerprint density at radius 2 is 1.80 bits per heavy atom. The largest absolute Gasteiger partial charge is 0.328 e. The first-order chi connectivity index (χ1) is 9.68. The van der Waals surface area contributed by atoms with E-state index in [0.717, 1.165) is 12.2 Å². The molecular weight excluding hydrogens is 246 g/mol. The van der Waals surface area contributed by atoms with E-state index in [-0.39, 0.29) is 0 Å². The van der Waals surface area contributed by atoms with Crippen molar-refractivity contribution in [1.29, 1.82) is 0 Å². The minimum absolute atomic E-state index is 0.910. The number of fused-ring (bicyclic) bond motifs is 1. The van der Waals surface area contributed by atoms with Crippen LogP contribution in [0.25, 0.3) is 22.3 Å². The first kappa shape index (κ1) is 12.9. The Kier molecular flexibility index (Phi) is 3.28. The maximum absolute atomic E-state index is 4.54. The summed E-state index contributed by atoms with van der Waals surface area (Å²) in [5.74, 6) is 0. The molecule has 0 spiro atoms. The Hall–Kier alpha value is -2.13. The highest BCUT2D eigenvalue weighted by molar-refractivity contribution is 5.89. The Labute approximate surface area is 119 Å². The SMILES string of the molecule is CN(C)Cc1c(-c2ccccc2)n(C)c2ncccc12. The van der Waals surface area contributed by atoms with Crippen molar-refractivity contribution in [3.8, 4) is 11.3 Å². The van der Waals surface area contributed by atoms with Gasteiger partial charge in [-0.3, -0.25) is 0 Å². The Morgan fingerprint density at radius 3 is 2.50 bits per heavy atom. The van der Waals surface area contributed by atoms with Crippen LogP contribution in [0, 0.1) is 0 Å². The molecule has 0 aliphatic carbocycles. The lowest BCUT2D eigenvalue weighted by Gasteiger charge is -2.12. The standard InChI is InChI=1S/C17H19N3/c1-19(2)12-15-14-10-7-11-18-17(14)20(3)16(15)13-8-5-4-6-9-13/h4-11H,12H2,1-3H3. The summed E-state index contributed by atoms with van der Waals surface area (Å²) in [4.78, 5) is 6.74. The molecule has 0 unspecified atom stereocenters. The zero-order chi connectivity index (χ0) is 14.1. The monoisotopic (exact) mass is 265 g/mol. The van der Waals surface area contributed by atoms with Crippen LogP contribution in [0.3, 0.4) is 0 Å². The summed E-state index contributed by atoms with van der Waals surface area (Å²) in [5, 5.41) is 1.24. The number of pyridine rings is 1. The summed E-state index contributed by atoms with van der Waals surface area (Å²) in [6.07, 6.45) is 1.86. The molecule has 2 heterocycles. The summed E-state index contributed by atoms with van der Waals surface area (Å²) < 4.78 is 2.20. The molecule has 0 N–H and O–H groups in total. The second kappa shape index (κ2) is 5.10. The van der Waals surface area contributed by atoms with Crippen molar-refractivity contribution in [3.63, 3.8) is 0 Å². The minimum Gasteiger partial charge on any atom is -0.328 e. The van der Waals surface area contributed by atoms with E-state index >= 15 is 0 Å². The zero-order valence-corrected chi connectivity index (χ0v) is 12.2. The lowest BCUT2D eigenvalue weighted by Crippen LogP contribution is -2.11. The molecule has 0 aliphatic heterocycles. The van der Waals surface area contributed by atoms with E-state index < -0.39 is 0 Å². The summed E-state index contributed by atoms with van der Waals surface area (Å²) in [5.41, 5.74) is 4.88. The lowest BCUT2D eigenvalue weighted by molar-refractivity contribution is 0.404. The normalized spacial score (nSPS) is 11.4. The third-order valence-corrected chi connectivity index (χ3v) is 3.57. The van der Waals surface area contributed by atoms with Crippen LogP contribution >= 0.6 is 0 Å². The maximum atomic E-state index is 4.54. The molecule has 0 fully saturated rings. The number of hydrogen-bond donors (Lipinski definition) is 0. The Bertz CT molecular complexity index is 727. The first-order valence-electron chi connectivity index (χ1n) is 6.81. The molecule has 3 aromatic rings. The van der Waals surface area contributed by atoms with Crippen molar-refractivity contribution in [3.05, 3.63) is 54.2 Å². The van der Waals surface area contributed by atoms with Crippen LogP contribution in [0.4, 0.5) is 0 Å². The summed E-state index contributed by atoms with van der Waals surface area (Å²) in [6, 6.07) is 14.7. The van der Waals surface area contributed by atoms with Gasteiger partial charge in [0.2, 0.25) is 0 Å². The lowest BCUT2D eigenvalue weighted by atomic mass is 10.1. The quantitative estimate of drug-likeness (QED) is 0.724. The Morgan fingerprint density at radius 1 is 1.05 bits per heavy atom. The maximum Gasteiger partial charge on any atom is 0.140 e. The van der Waals surface area contributed by atoms with E-state index in [1.54, 1.807) is 0 Å². The van der Waals surface area contributed by atoms with Crippen LogP contribution in [0.1, 0.15) is 5.56 Å². The van der Waals surface area contributed by atoms with Crippen molar-refractivity contribution in [2.24, 2.45) is 7.05 Å². The fourth-order valence-electron chi connectivity index (χ4n) is 2.78. The van der Waals surface area contributed by atoms with Gasteiger partial charge in [0, 0.05) is 30.7 Å². The van der Waals surface area contributed by atoms with E-state index in [9.17, 15) is 0 Å². The number of rotatable bonds is 3. The van der Waals surface area contributed by atoms with Gasteiger partial charge >= 0.3 is 0 Å². The molecule has 0 radical (unpaired) electrons. The van der Waals surface area contributed by atoms with Gasteiger partial charge in [0.15, 0.2) is 0 Å². The molecule has 3 heteroatoms. The molecule has 0 saturated heterocycles. The highest BCUT2D eigenvalue weighted by Gasteiger charge is 2.17. The predicted molar refractivity (Wildman–Crippen MR) is 83.5 cm³/mol. The third-order valence-electron chi connectivity index (χ3n) is 3.57. The van der Waals surface area contributed by atoms with E-state index in [4.69, 9.17) is 0 Å². The van der Waals surface area contributed by atoms with Gasteiger partial charge in [0.1, 0.15) is 5.65 Å². The minimum atomic E-state index is 0.910. The smallest absolute Gasteiger partial charge is 0.140 e.